The summed E-state index contributed by atoms with van der Waals surface area (Å²) in [6, 6.07) is 9.50. The molecule has 2 unspecified atom stereocenters. The lowest BCUT2D eigenvalue weighted by molar-refractivity contribution is 0.176. The van der Waals surface area contributed by atoms with Gasteiger partial charge in [-0.3, -0.25) is 4.90 Å². The fraction of sp³-hybridized carbons (Fsp3) is 0.647. The second-order valence-electron chi connectivity index (χ2n) is 5.42. The minimum Gasteiger partial charge on any atom is -0.497 e. The van der Waals surface area contributed by atoms with Gasteiger partial charge >= 0.3 is 0 Å². The van der Waals surface area contributed by atoms with E-state index in [1.54, 1.807) is 7.11 Å². The van der Waals surface area contributed by atoms with Crippen LogP contribution in [0.4, 0.5) is 0 Å². The first-order valence-corrected chi connectivity index (χ1v) is 7.66. The lowest BCUT2D eigenvalue weighted by atomic mass is 9.99. The van der Waals surface area contributed by atoms with E-state index in [2.05, 4.69) is 50.3 Å². The molecule has 0 amide bonds. The zero-order valence-corrected chi connectivity index (χ0v) is 13.6. The summed E-state index contributed by atoms with van der Waals surface area (Å²) in [7, 11) is 6.00. The molecule has 0 bridgehead atoms. The number of nitrogens with one attached hydrogen (secondary N) is 1. The molecular formula is C17H30N2O. The second-order valence-corrected chi connectivity index (χ2v) is 5.42. The fourth-order valence-corrected chi connectivity index (χ4v) is 2.88. The predicted octanol–water partition coefficient (Wildman–Crippen LogP) is 3.29. The van der Waals surface area contributed by atoms with Crippen LogP contribution in [0.1, 0.15) is 38.7 Å². The van der Waals surface area contributed by atoms with Gasteiger partial charge in [0.2, 0.25) is 0 Å². The Labute approximate surface area is 124 Å². The van der Waals surface area contributed by atoms with E-state index in [1.165, 1.54) is 18.4 Å². The zero-order chi connectivity index (χ0) is 15.0. The van der Waals surface area contributed by atoms with E-state index in [0.717, 1.165) is 18.7 Å². The summed E-state index contributed by atoms with van der Waals surface area (Å²) < 4.78 is 5.21. The van der Waals surface area contributed by atoms with Crippen LogP contribution < -0.4 is 10.1 Å². The molecule has 114 valence electrons. The van der Waals surface area contributed by atoms with Crippen LogP contribution in [-0.4, -0.2) is 38.2 Å². The van der Waals surface area contributed by atoms with Crippen molar-refractivity contribution in [2.75, 3.05) is 21.2 Å². The third-order valence-corrected chi connectivity index (χ3v) is 4.01. The number of methoxy groups -OCH3 is 1. The smallest absolute Gasteiger partial charge is 0.118 e. The summed E-state index contributed by atoms with van der Waals surface area (Å²) in [6.45, 7) is 5.50. The molecule has 0 spiro atoms. The molecule has 3 heteroatoms. The monoisotopic (exact) mass is 278 g/mol. The quantitative estimate of drug-likeness (QED) is 0.750. The van der Waals surface area contributed by atoms with Crippen LogP contribution in [0, 0.1) is 0 Å². The predicted molar refractivity (Wildman–Crippen MR) is 86.3 cm³/mol. The maximum absolute atomic E-state index is 5.21. The number of rotatable bonds is 9. The average Bonchev–Trinajstić information content (AvgIpc) is 2.47. The number of hydrogen-bond donors (Lipinski definition) is 1. The summed E-state index contributed by atoms with van der Waals surface area (Å²) in [5, 5.41) is 3.48. The van der Waals surface area contributed by atoms with E-state index in [-0.39, 0.29) is 0 Å². The van der Waals surface area contributed by atoms with Crippen LogP contribution in [0.2, 0.25) is 0 Å². The molecule has 0 aromatic heterocycles. The summed E-state index contributed by atoms with van der Waals surface area (Å²) >= 11 is 0. The van der Waals surface area contributed by atoms with Gasteiger partial charge in [-0.15, -0.1) is 0 Å². The Morgan fingerprint density at radius 1 is 1.20 bits per heavy atom. The van der Waals surface area contributed by atoms with Crippen molar-refractivity contribution in [3.63, 3.8) is 0 Å². The van der Waals surface area contributed by atoms with Crippen LogP contribution in [0.15, 0.2) is 24.3 Å². The Hall–Kier alpha value is -1.06. The Kier molecular flexibility index (Phi) is 7.63. The zero-order valence-electron chi connectivity index (χ0n) is 13.6. The number of nitrogens with zero attached hydrogens (tertiary/aromatic N) is 1. The Balaban J connectivity index is 2.67. The average molecular weight is 278 g/mol. The Bertz CT molecular complexity index is 364. The molecule has 0 saturated heterocycles. The van der Waals surface area contributed by atoms with Crippen LogP contribution in [-0.2, 0) is 6.54 Å². The molecule has 0 aliphatic rings. The van der Waals surface area contributed by atoms with Gasteiger partial charge in [0.05, 0.1) is 7.11 Å². The van der Waals surface area contributed by atoms with E-state index < -0.39 is 0 Å². The third kappa shape index (κ3) is 4.80. The summed E-state index contributed by atoms with van der Waals surface area (Å²) in [5.74, 6) is 0.919. The molecule has 3 nitrogen and oxygen atoms in total. The van der Waals surface area contributed by atoms with Gasteiger partial charge in [0.15, 0.2) is 0 Å². The van der Waals surface area contributed by atoms with E-state index in [9.17, 15) is 0 Å². The van der Waals surface area contributed by atoms with Crippen molar-refractivity contribution in [2.24, 2.45) is 0 Å². The van der Waals surface area contributed by atoms with E-state index in [4.69, 9.17) is 4.74 Å². The first-order chi connectivity index (χ1) is 9.65. The lowest BCUT2D eigenvalue weighted by Gasteiger charge is -2.34. The van der Waals surface area contributed by atoms with Crippen LogP contribution in [0.3, 0.4) is 0 Å². The number of ether oxygens (including phenoxy) is 1. The SMILES string of the molecule is CCCC(NC)C(CC)N(C)Cc1ccc(OC)cc1. The molecule has 1 aromatic carbocycles. The molecule has 1 aromatic rings. The highest BCUT2D eigenvalue weighted by Gasteiger charge is 2.21. The topological polar surface area (TPSA) is 24.5 Å². The summed E-state index contributed by atoms with van der Waals surface area (Å²) in [6.07, 6.45) is 3.61. The lowest BCUT2D eigenvalue weighted by Crippen LogP contribution is -2.46. The molecule has 20 heavy (non-hydrogen) atoms. The minimum absolute atomic E-state index is 0.563. The highest BCUT2D eigenvalue weighted by Crippen LogP contribution is 2.17. The van der Waals surface area contributed by atoms with Gasteiger partial charge in [-0.05, 0) is 44.6 Å². The van der Waals surface area contributed by atoms with Gasteiger partial charge in [-0.25, -0.2) is 0 Å². The largest absolute Gasteiger partial charge is 0.497 e. The van der Waals surface area contributed by atoms with Crippen molar-refractivity contribution < 1.29 is 4.74 Å². The van der Waals surface area contributed by atoms with Crippen LogP contribution in [0.25, 0.3) is 0 Å². The van der Waals surface area contributed by atoms with Crippen molar-refractivity contribution in [1.29, 1.82) is 0 Å². The van der Waals surface area contributed by atoms with E-state index in [1.807, 2.05) is 12.1 Å². The molecule has 0 aliphatic carbocycles. The molecule has 0 fully saturated rings. The Morgan fingerprint density at radius 3 is 2.30 bits per heavy atom. The highest BCUT2D eigenvalue weighted by atomic mass is 16.5. The summed E-state index contributed by atoms with van der Waals surface area (Å²) in [4.78, 5) is 2.46. The first kappa shape index (κ1) is 17.0. The summed E-state index contributed by atoms with van der Waals surface area (Å²) in [5.41, 5.74) is 1.33. The molecule has 0 heterocycles. The maximum atomic E-state index is 5.21. The first-order valence-electron chi connectivity index (χ1n) is 7.66. The highest BCUT2D eigenvalue weighted by molar-refractivity contribution is 5.27. The van der Waals surface area contributed by atoms with Crippen molar-refractivity contribution in [3.8, 4) is 5.75 Å². The fourth-order valence-electron chi connectivity index (χ4n) is 2.88. The number of likely N-dealkylation sites (N-methyl/N-ethyl adjacent to an activating group) is 2. The van der Waals surface area contributed by atoms with Gasteiger partial charge in [-0.2, -0.15) is 0 Å². The van der Waals surface area contributed by atoms with Crippen LogP contribution in [0.5, 0.6) is 5.75 Å². The van der Waals surface area contributed by atoms with Gasteiger partial charge in [0, 0.05) is 18.6 Å². The molecule has 1 rings (SSSR count). The molecule has 1 N–H and O–H groups in total. The van der Waals surface area contributed by atoms with E-state index >= 15 is 0 Å². The number of hydrogen-bond acceptors (Lipinski definition) is 3. The van der Waals surface area contributed by atoms with Crippen molar-refractivity contribution in [3.05, 3.63) is 29.8 Å². The third-order valence-electron chi connectivity index (χ3n) is 4.01. The molecule has 0 saturated carbocycles. The van der Waals surface area contributed by atoms with Gasteiger partial charge in [0.1, 0.15) is 5.75 Å². The van der Waals surface area contributed by atoms with Crippen molar-refractivity contribution >= 4 is 0 Å². The maximum Gasteiger partial charge on any atom is 0.118 e. The second kappa shape index (κ2) is 8.98. The van der Waals surface area contributed by atoms with Gasteiger partial charge in [-0.1, -0.05) is 32.4 Å². The standard InChI is InChI=1S/C17H30N2O/c1-6-8-16(18-3)17(7-2)19(4)13-14-9-11-15(20-5)12-10-14/h9-12,16-18H,6-8,13H2,1-5H3. The molecular weight excluding hydrogens is 248 g/mol. The van der Waals surface area contributed by atoms with Gasteiger partial charge < -0.3 is 10.1 Å². The normalized spacial score (nSPS) is 14.3. The number of benzene rings is 1. The van der Waals surface area contributed by atoms with Crippen LogP contribution >= 0.6 is 0 Å². The van der Waals surface area contributed by atoms with Crippen molar-refractivity contribution in [1.82, 2.24) is 10.2 Å². The molecule has 0 aliphatic heterocycles. The minimum atomic E-state index is 0.563. The van der Waals surface area contributed by atoms with Crippen molar-refractivity contribution in [2.45, 2.75) is 51.7 Å². The Morgan fingerprint density at radius 2 is 1.85 bits per heavy atom. The molecule has 2 atom stereocenters. The van der Waals surface area contributed by atoms with E-state index in [0.29, 0.717) is 12.1 Å². The molecule has 0 radical (unpaired) electrons. The van der Waals surface area contributed by atoms with Gasteiger partial charge in [0.25, 0.3) is 0 Å².